The van der Waals surface area contributed by atoms with Gasteiger partial charge in [0.1, 0.15) is 0 Å². The van der Waals surface area contributed by atoms with Gasteiger partial charge in [0.25, 0.3) is 0 Å². The molecule has 0 saturated heterocycles. The Morgan fingerprint density at radius 1 is 1.00 bits per heavy atom. The van der Waals surface area contributed by atoms with Gasteiger partial charge in [0, 0.05) is 5.92 Å². The zero-order chi connectivity index (χ0) is 13.9. The van der Waals surface area contributed by atoms with E-state index in [2.05, 4.69) is 68.1 Å². The first-order valence-electron chi connectivity index (χ1n) is 7.63. The zero-order valence-electron chi connectivity index (χ0n) is 12.2. The molecule has 2 aromatic rings. The Bertz CT molecular complexity index is 561. The predicted molar refractivity (Wildman–Crippen MR) is 86.1 cm³/mol. The molecule has 102 valence electrons. The fraction of sp³-hybridized carbons (Fsp3) is 0.300. The summed E-state index contributed by atoms with van der Waals surface area (Å²) in [6.45, 7) is 6.35. The van der Waals surface area contributed by atoms with Gasteiger partial charge in [-0.3, -0.25) is 0 Å². The normalized spacial score (nSPS) is 15.8. The molecule has 0 bridgehead atoms. The molecule has 0 N–H and O–H groups in total. The van der Waals surface area contributed by atoms with Crippen LogP contribution in [0.25, 0.3) is 0 Å². The maximum atomic E-state index is 4.08. The highest BCUT2D eigenvalue weighted by Gasteiger charge is 2.27. The largest absolute Gasteiger partial charge is 0.103 e. The van der Waals surface area contributed by atoms with E-state index < -0.39 is 0 Å². The summed E-state index contributed by atoms with van der Waals surface area (Å²) in [4.78, 5) is 0. The third-order valence-electron chi connectivity index (χ3n) is 4.65. The molecule has 0 radical (unpaired) electrons. The van der Waals surface area contributed by atoms with Crippen molar-refractivity contribution in [2.45, 2.75) is 32.1 Å². The maximum Gasteiger partial charge on any atom is 0.0157 e. The Balaban J connectivity index is 2.21. The number of fused-ring (bicyclic) bond motifs is 2. The van der Waals surface area contributed by atoms with Crippen LogP contribution in [-0.2, 0) is 12.8 Å². The van der Waals surface area contributed by atoms with Gasteiger partial charge in [0.15, 0.2) is 0 Å². The molecule has 0 nitrogen and oxygen atoms in total. The van der Waals surface area contributed by atoms with E-state index in [0.29, 0.717) is 11.8 Å². The fourth-order valence-corrected chi connectivity index (χ4v) is 3.57. The minimum Gasteiger partial charge on any atom is -0.103 e. The Morgan fingerprint density at radius 3 is 1.95 bits per heavy atom. The van der Waals surface area contributed by atoms with Gasteiger partial charge in [-0.25, -0.2) is 0 Å². The Morgan fingerprint density at radius 2 is 1.50 bits per heavy atom. The molecule has 0 heterocycles. The van der Waals surface area contributed by atoms with Crippen LogP contribution in [0.1, 0.15) is 41.5 Å². The predicted octanol–water partition coefficient (Wildman–Crippen LogP) is 5.13. The van der Waals surface area contributed by atoms with Gasteiger partial charge < -0.3 is 0 Å². The summed E-state index contributed by atoms with van der Waals surface area (Å²) in [5.74, 6) is 0.975. The average Bonchev–Trinajstić information content (AvgIpc) is 2.67. The van der Waals surface area contributed by atoms with Crippen molar-refractivity contribution in [3.63, 3.8) is 0 Å². The van der Waals surface area contributed by atoms with Crippen LogP contribution in [-0.4, -0.2) is 0 Å². The number of rotatable bonds is 3. The number of allylic oxidation sites excluding steroid dienone is 1. The molecule has 2 aromatic carbocycles. The highest BCUT2D eigenvalue weighted by Crippen LogP contribution is 2.40. The van der Waals surface area contributed by atoms with Gasteiger partial charge in [0.05, 0.1) is 0 Å². The van der Waals surface area contributed by atoms with Crippen molar-refractivity contribution >= 4 is 0 Å². The molecule has 1 unspecified atom stereocenters. The van der Waals surface area contributed by atoms with Crippen LogP contribution >= 0.6 is 0 Å². The molecule has 0 aliphatic heterocycles. The second-order valence-corrected chi connectivity index (χ2v) is 5.68. The van der Waals surface area contributed by atoms with Crippen LogP contribution in [0.4, 0.5) is 0 Å². The second-order valence-electron chi connectivity index (χ2n) is 5.68. The van der Waals surface area contributed by atoms with E-state index in [1.807, 2.05) is 0 Å². The lowest BCUT2D eigenvalue weighted by Gasteiger charge is -2.26. The van der Waals surface area contributed by atoms with E-state index >= 15 is 0 Å². The lowest BCUT2D eigenvalue weighted by atomic mass is 9.77. The highest BCUT2D eigenvalue weighted by molar-refractivity contribution is 5.46. The van der Waals surface area contributed by atoms with Crippen molar-refractivity contribution in [3.8, 4) is 0 Å². The molecule has 0 heteroatoms. The van der Waals surface area contributed by atoms with Gasteiger partial charge in [-0.2, -0.15) is 0 Å². The number of hydrogen-bond donors (Lipinski definition) is 0. The second kappa shape index (κ2) is 5.66. The smallest absolute Gasteiger partial charge is 0.0157 e. The molecule has 0 fully saturated rings. The number of hydrogen-bond acceptors (Lipinski definition) is 0. The summed E-state index contributed by atoms with van der Waals surface area (Å²) < 4.78 is 0. The van der Waals surface area contributed by atoms with Crippen LogP contribution in [0, 0.1) is 5.92 Å². The van der Waals surface area contributed by atoms with Crippen molar-refractivity contribution in [1.82, 2.24) is 0 Å². The first kappa shape index (κ1) is 13.2. The van der Waals surface area contributed by atoms with Crippen LogP contribution in [0.15, 0.2) is 61.2 Å². The molecule has 0 saturated carbocycles. The maximum absolute atomic E-state index is 4.08. The van der Waals surface area contributed by atoms with Gasteiger partial charge >= 0.3 is 0 Å². The Kier molecular flexibility index (Phi) is 3.73. The van der Waals surface area contributed by atoms with E-state index in [4.69, 9.17) is 0 Å². The van der Waals surface area contributed by atoms with E-state index in [-0.39, 0.29) is 0 Å². The average molecular weight is 262 g/mol. The number of benzene rings is 2. The molecule has 0 aromatic heterocycles. The summed E-state index contributed by atoms with van der Waals surface area (Å²) >= 11 is 0. The van der Waals surface area contributed by atoms with Gasteiger partial charge in [-0.15, -0.1) is 6.58 Å². The quantitative estimate of drug-likeness (QED) is 0.673. The van der Waals surface area contributed by atoms with Crippen LogP contribution < -0.4 is 0 Å². The summed E-state index contributed by atoms with van der Waals surface area (Å²) in [6, 6.07) is 17.9. The van der Waals surface area contributed by atoms with Crippen molar-refractivity contribution in [2.75, 3.05) is 0 Å². The third-order valence-corrected chi connectivity index (χ3v) is 4.65. The Labute approximate surface area is 122 Å². The van der Waals surface area contributed by atoms with Crippen molar-refractivity contribution < 1.29 is 0 Å². The lowest BCUT2D eigenvalue weighted by molar-refractivity contribution is 0.551. The molecule has 1 atom stereocenters. The van der Waals surface area contributed by atoms with E-state index in [1.54, 1.807) is 0 Å². The first-order valence-corrected chi connectivity index (χ1v) is 7.63. The molecule has 20 heavy (non-hydrogen) atoms. The molecule has 0 amide bonds. The van der Waals surface area contributed by atoms with Crippen LogP contribution in [0.5, 0.6) is 0 Å². The highest BCUT2D eigenvalue weighted by atomic mass is 14.3. The summed E-state index contributed by atoms with van der Waals surface area (Å²) in [7, 11) is 0. The standard InChI is InChI=1S/C20H22/c1-3-15(4-2)20-18-11-7-5-9-16(18)13-14-17-10-6-8-12-19(17)20/h3,5-12,15,20H,1,4,13-14H2,2H3. The molecule has 1 aliphatic carbocycles. The molecule has 3 rings (SSSR count). The van der Waals surface area contributed by atoms with Crippen LogP contribution in [0.2, 0.25) is 0 Å². The number of aryl methyl sites for hydroxylation is 2. The molecular formula is C20H22. The monoisotopic (exact) mass is 262 g/mol. The van der Waals surface area contributed by atoms with E-state index in [0.717, 1.165) is 19.3 Å². The van der Waals surface area contributed by atoms with Gasteiger partial charge in [0.2, 0.25) is 0 Å². The minimum absolute atomic E-state index is 0.465. The third kappa shape index (κ3) is 2.20. The summed E-state index contributed by atoms with van der Waals surface area (Å²) in [5.41, 5.74) is 6.02. The van der Waals surface area contributed by atoms with Gasteiger partial charge in [-0.05, 0) is 47.4 Å². The SMILES string of the molecule is C=CC(CC)C1c2ccccc2CCc2ccccc21. The molecular weight excluding hydrogens is 240 g/mol. The zero-order valence-corrected chi connectivity index (χ0v) is 12.2. The van der Waals surface area contributed by atoms with Crippen LogP contribution in [0.3, 0.4) is 0 Å². The summed E-state index contributed by atoms with van der Waals surface area (Å²) in [6.07, 6.45) is 5.58. The molecule has 0 spiro atoms. The topological polar surface area (TPSA) is 0 Å². The van der Waals surface area contributed by atoms with E-state index in [1.165, 1.54) is 22.3 Å². The van der Waals surface area contributed by atoms with E-state index in [9.17, 15) is 0 Å². The fourth-order valence-electron chi connectivity index (χ4n) is 3.57. The summed E-state index contributed by atoms with van der Waals surface area (Å²) in [5, 5.41) is 0. The van der Waals surface area contributed by atoms with Crippen molar-refractivity contribution in [3.05, 3.63) is 83.4 Å². The van der Waals surface area contributed by atoms with Crippen molar-refractivity contribution in [2.24, 2.45) is 5.92 Å². The Hall–Kier alpha value is -1.82. The minimum atomic E-state index is 0.465. The first-order chi connectivity index (χ1) is 9.85. The molecule has 1 aliphatic rings. The lowest BCUT2D eigenvalue weighted by Crippen LogP contribution is -2.13. The van der Waals surface area contributed by atoms with Crippen molar-refractivity contribution in [1.29, 1.82) is 0 Å². The van der Waals surface area contributed by atoms with Gasteiger partial charge in [-0.1, -0.05) is 61.5 Å².